The van der Waals surface area contributed by atoms with Crippen LogP contribution in [-0.4, -0.2) is 24.0 Å². The van der Waals surface area contributed by atoms with Gasteiger partial charge in [-0.15, -0.1) is 0 Å². The fourth-order valence-electron chi connectivity index (χ4n) is 5.01. The highest BCUT2D eigenvalue weighted by Crippen LogP contribution is 2.35. The van der Waals surface area contributed by atoms with Crippen LogP contribution in [0.3, 0.4) is 0 Å². The van der Waals surface area contributed by atoms with E-state index in [2.05, 4.69) is 77.8 Å². The Balaban J connectivity index is 1.58. The van der Waals surface area contributed by atoms with Gasteiger partial charge in [0, 0.05) is 25.7 Å². The predicted octanol–water partition coefficient (Wildman–Crippen LogP) is 4.96. The van der Waals surface area contributed by atoms with Crippen LogP contribution >= 0.6 is 0 Å². The van der Waals surface area contributed by atoms with Gasteiger partial charge in [-0.1, -0.05) is 79.9 Å². The van der Waals surface area contributed by atoms with Crippen molar-refractivity contribution in [2.75, 3.05) is 13.1 Å². The van der Waals surface area contributed by atoms with E-state index in [0.717, 1.165) is 25.6 Å². The molecule has 1 saturated carbocycles. The average molecular weight is 349 g/mol. The summed E-state index contributed by atoms with van der Waals surface area (Å²) in [7, 11) is 0. The molecule has 0 radical (unpaired) electrons. The van der Waals surface area contributed by atoms with Gasteiger partial charge in [0.15, 0.2) is 0 Å². The maximum atomic E-state index is 3.93. The number of piperazine rings is 1. The van der Waals surface area contributed by atoms with Gasteiger partial charge in [0.1, 0.15) is 0 Å². The second-order valence-electron chi connectivity index (χ2n) is 8.44. The molecule has 4 rings (SSSR count). The quantitative estimate of drug-likeness (QED) is 0.840. The fourth-order valence-corrected chi connectivity index (χ4v) is 5.01. The lowest BCUT2D eigenvalue weighted by atomic mass is 9.79. The van der Waals surface area contributed by atoms with E-state index < -0.39 is 0 Å². The SMILES string of the molecule is CC1(c2ccccc2)CN(Cc2ccccc2)C(C2CCCCC2)CN1. The van der Waals surface area contributed by atoms with Crippen molar-refractivity contribution in [2.45, 2.75) is 57.2 Å². The lowest BCUT2D eigenvalue weighted by Gasteiger charge is -2.49. The van der Waals surface area contributed by atoms with Crippen LogP contribution in [0.4, 0.5) is 0 Å². The van der Waals surface area contributed by atoms with E-state index in [9.17, 15) is 0 Å². The van der Waals surface area contributed by atoms with Crippen molar-refractivity contribution in [3.63, 3.8) is 0 Å². The molecular weight excluding hydrogens is 316 g/mol. The van der Waals surface area contributed by atoms with Crippen molar-refractivity contribution < 1.29 is 0 Å². The van der Waals surface area contributed by atoms with Gasteiger partial charge in [-0.05, 0) is 36.8 Å². The van der Waals surface area contributed by atoms with Crippen molar-refractivity contribution >= 4 is 0 Å². The molecule has 26 heavy (non-hydrogen) atoms. The molecule has 2 aromatic rings. The Morgan fingerprint density at radius 2 is 1.58 bits per heavy atom. The van der Waals surface area contributed by atoms with Gasteiger partial charge >= 0.3 is 0 Å². The molecule has 0 bridgehead atoms. The molecule has 1 N–H and O–H groups in total. The third-order valence-corrected chi connectivity index (χ3v) is 6.52. The average Bonchev–Trinajstić information content (AvgIpc) is 2.70. The Kier molecular flexibility index (Phi) is 5.42. The standard InChI is InChI=1S/C24H32N2/c1-24(22-15-9-4-10-16-22)19-26(18-20-11-5-2-6-12-20)23(17-25-24)21-13-7-3-8-14-21/h2,4-6,9-12,15-16,21,23,25H,3,7-8,13-14,17-19H2,1H3. The molecule has 2 aromatic carbocycles. The summed E-state index contributed by atoms with van der Waals surface area (Å²) < 4.78 is 0. The van der Waals surface area contributed by atoms with E-state index in [0.29, 0.717) is 6.04 Å². The van der Waals surface area contributed by atoms with Crippen LogP contribution in [0, 0.1) is 5.92 Å². The third-order valence-electron chi connectivity index (χ3n) is 6.52. The van der Waals surface area contributed by atoms with E-state index in [1.54, 1.807) is 0 Å². The van der Waals surface area contributed by atoms with Crippen LogP contribution in [0.5, 0.6) is 0 Å². The summed E-state index contributed by atoms with van der Waals surface area (Å²) >= 11 is 0. The molecule has 2 unspecified atom stereocenters. The second kappa shape index (κ2) is 7.94. The molecule has 138 valence electrons. The molecule has 0 amide bonds. The first kappa shape index (κ1) is 17.8. The molecule has 2 nitrogen and oxygen atoms in total. The predicted molar refractivity (Wildman–Crippen MR) is 109 cm³/mol. The van der Waals surface area contributed by atoms with Gasteiger partial charge in [0.25, 0.3) is 0 Å². The van der Waals surface area contributed by atoms with Crippen molar-refractivity contribution in [1.29, 1.82) is 0 Å². The van der Waals surface area contributed by atoms with E-state index in [-0.39, 0.29) is 5.54 Å². The Morgan fingerprint density at radius 1 is 0.923 bits per heavy atom. The molecule has 2 atom stereocenters. The molecule has 2 heteroatoms. The Morgan fingerprint density at radius 3 is 2.27 bits per heavy atom. The molecule has 1 heterocycles. The maximum absolute atomic E-state index is 3.93. The van der Waals surface area contributed by atoms with E-state index in [1.165, 1.54) is 43.2 Å². The zero-order chi connectivity index (χ0) is 17.8. The first-order valence-corrected chi connectivity index (χ1v) is 10.3. The minimum absolute atomic E-state index is 0.0290. The summed E-state index contributed by atoms with van der Waals surface area (Å²) in [6, 6.07) is 22.7. The maximum Gasteiger partial charge on any atom is 0.0535 e. The summed E-state index contributed by atoms with van der Waals surface area (Å²) in [5.74, 6) is 0.847. The van der Waals surface area contributed by atoms with Crippen LogP contribution in [0.15, 0.2) is 60.7 Å². The number of rotatable bonds is 4. The Bertz CT molecular complexity index is 678. The smallest absolute Gasteiger partial charge is 0.0535 e. The lowest BCUT2D eigenvalue weighted by Crippen LogP contribution is -2.62. The highest BCUT2D eigenvalue weighted by atomic mass is 15.3. The number of hydrogen-bond donors (Lipinski definition) is 1. The van der Waals surface area contributed by atoms with E-state index >= 15 is 0 Å². The topological polar surface area (TPSA) is 15.3 Å². The van der Waals surface area contributed by atoms with Crippen LogP contribution < -0.4 is 5.32 Å². The summed E-state index contributed by atoms with van der Waals surface area (Å²) in [5.41, 5.74) is 2.87. The van der Waals surface area contributed by atoms with Gasteiger partial charge < -0.3 is 5.32 Å². The van der Waals surface area contributed by atoms with Crippen LogP contribution in [0.25, 0.3) is 0 Å². The minimum atomic E-state index is 0.0290. The first-order valence-electron chi connectivity index (χ1n) is 10.3. The Hall–Kier alpha value is -1.64. The van der Waals surface area contributed by atoms with E-state index in [1.807, 2.05) is 0 Å². The van der Waals surface area contributed by atoms with E-state index in [4.69, 9.17) is 0 Å². The number of hydrogen-bond acceptors (Lipinski definition) is 2. The van der Waals surface area contributed by atoms with Crippen LogP contribution in [-0.2, 0) is 12.1 Å². The molecule has 0 aromatic heterocycles. The number of nitrogens with one attached hydrogen (secondary N) is 1. The third kappa shape index (κ3) is 3.87. The molecule has 2 fully saturated rings. The molecule has 1 aliphatic heterocycles. The van der Waals surface area contributed by atoms with Gasteiger partial charge in [0.2, 0.25) is 0 Å². The number of benzene rings is 2. The minimum Gasteiger partial charge on any atom is -0.305 e. The highest BCUT2D eigenvalue weighted by Gasteiger charge is 2.40. The molecule has 1 saturated heterocycles. The second-order valence-corrected chi connectivity index (χ2v) is 8.44. The van der Waals surface area contributed by atoms with Crippen molar-refractivity contribution in [3.8, 4) is 0 Å². The highest BCUT2D eigenvalue weighted by molar-refractivity contribution is 5.26. The van der Waals surface area contributed by atoms with Crippen molar-refractivity contribution in [2.24, 2.45) is 5.92 Å². The van der Waals surface area contributed by atoms with Gasteiger partial charge in [-0.2, -0.15) is 0 Å². The molecule has 1 aliphatic carbocycles. The Labute approximate surface area is 158 Å². The number of nitrogens with zero attached hydrogens (tertiary/aromatic N) is 1. The lowest BCUT2D eigenvalue weighted by molar-refractivity contribution is 0.0347. The summed E-state index contributed by atoms with van der Waals surface area (Å²) in [6.07, 6.45) is 7.06. The van der Waals surface area contributed by atoms with Gasteiger partial charge in [-0.25, -0.2) is 0 Å². The molecule has 2 aliphatic rings. The van der Waals surface area contributed by atoms with Gasteiger partial charge in [0.05, 0.1) is 5.54 Å². The van der Waals surface area contributed by atoms with Crippen LogP contribution in [0.2, 0.25) is 0 Å². The first-order chi connectivity index (χ1) is 12.7. The molecular formula is C24H32N2. The van der Waals surface area contributed by atoms with Crippen molar-refractivity contribution in [3.05, 3.63) is 71.8 Å². The fraction of sp³-hybridized carbons (Fsp3) is 0.500. The summed E-state index contributed by atoms with van der Waals surface area (Å²) in [4.78, 5) is 2.77. The normalized spacial score (nSPS) is 28.1. The van der Waals surface area contributed by atoms with Crippen molar-refractivity contribution in [1.82, 2.24) is 10.2 Å². The van der Waals surface area contributed by atoms with Gasteiger partial charge in [-0.3, -0.25) is 4.90 Å². The zero-order valence-corrected chi connectivity index (χ0v) is 16.0. The monoisotopic (exact) mass is 348 g/mol. The summed E-state index contributed by atoms with van der Waals surface area (Å²) in [6.45, 7) is 5.61. The zero-order valence-electron chi connectivity index (χ0n) is 16.0. The summed E-state index contributed by atoms with van der Waals surface area (Å²) in [5, 5.41) is 3.93. The van der Waals surface area contributed by atoms with Crippen LogP contribution in [0.1, 0.15) is 50.2 Å². The molecule has 0 spiro atoms. The largest absolute Gasteiger partial charge is 0.305 e.